The van der Waals surface area contributed by atoms with E-state index >= 15 is 0 Å². The first-order valence-electron chi connectivity index (χ1n) is 9.40. The van der Waals surface area contributed by atoms with Gasteiger partial charge in [0.05, 0.1) is 11.1 Å². The first-order chi connectivity index (χ1) is 14.7. The normalized spacial score (nSPS) is 10.1. The Morgan fingerprint density at radius 1 is 0.633 bits per heavy atom. The van der Waals surface area contributed by atoms with Crippen molar-refractivity contribution in [3.05, 3.63) is 82.9 Å². The van der Waals surface area contributed by atoms with E-state index in [2.05, 4.69) is 0 Å². The van der Waals surface area contributed by atoms with Gasteiger partial charge in [0.25, 0.3) is 0 Å². The molecule has 0 amide bonds. The molecule has 0 unspecified atom stereocenters. The Balaban J connectivity index is 1.92. The minimum Gasteiger partial charge on any atom is -0.453 e. The van der Waals surface area contributed by atoms with E-state index < -0.39 is 0 Å². The molecule has 0 aromatic heterocycles. The molecule has 3 aromatic rings. The van der Waals surface area contributed by atoms with Crippen LogP contribution < -0.4 is 9.47 Å². The molecule has 150 valence electrons. The standard InChI is InChI=1S/C24H20N2O4/c25-15-19-13-23(29-21-5-1-17(2-6-21)9-11-27)24(14-20(19)16-26)30-22-7-3-18(4-8-22)10-12-28/h1-8,13-14,27-28H,9-12H2. The highest BCUT2D eigenvalue weighted by Crippen LogP contribution is 2.37. The molecular formula is C24H20N2O4. The van der Waals surface area contributed by atoms with Gasteiger partial charge in [-0.05, 0) is 48.2 Å². The largest absolute Gasteiger partial charge is 0.453 e. The number of hydrogen-bond acceptors (Lipinski definition) is 6. The number of hydrogen-bond donors (Lipinski definition) is 2. The summed E-state index contributed by atoms with van der Waals surface area (Å²) in [7, 11) is 0. The van der Waals surface area contributed by atoms with Crippen LogP contribution in [0.4, 0.5) is 0 Å². The van der Waals surface area contributed by atoms with Crippen LogP contribution in [0.3, 0.4) is 0 Å². The molecule has 0 saturated heterocycles. The number of nitrogens with zero attached hydrogens (tertiary/aromatic N) is 2. The van der Waals surface area contributed by atoms with Crippen molar-refractivity contribution >= 4 is 0 Å². The fourth-order valence-corrected chi connectivity index (χ4v) is 2.86. The minimum atomic E-state index is 0.0659. The van der Waals surface area contributed by atoms with Crippen molar-refractivity contribution in [1.29, 1.82) is 10.5 Å². The lowest BCUT2D eigenvalue weighted by molar-refractivity contribution is 0.299. The monoisotopic (exact) mass is 400 g/mol. The molecule has 0 saturated carbocycles. The molecule has 0 spiro atoms. The van der Waals surface area contributed by atoms with Crippen LogP contribution in [0.1, 0.15) is 22.3 Å². The third-order valence-electron chi connectivity index (χ3n) is 4.43. The topological polar surface area (TPSA) is 106 Å². The van der Waals surface area contributed by atoms with Crippen LogP contribution in [-0.4, -0.2) is 23.4 Å². The van der Waals surface area contributed by atoms with Gasteiger partial charge >= 0.3 is 0 Å². The van der Waals surface area contributed by atoms with E-state index in [4.69, 9.17) is 19.7 Å². The van der Waals surface area contributed by atoms with Crippen molar-refractivity contribution in [3.63, 3.8) is 0 Å². The molecule has 0 bridgehead atoms. The van der Waals surface area contributed by atoms with E-state index in [1.165, 1.54) is 12.1 Å². The lowest BCUT2D eigenvalue weighted by Crippen LogP contribution is -1.96. The average molecular weight is 400 g/mol. The fourth-order valence-electron chi connectivity index (χ4n) is 2.86. The van der Waals surface area contributed by atoms with Gasteiger partial charge in [0.1, 0.15) is 23.6 Å². The summed E-state index contributed by atoms with van der Waals surface area (Å²) in [5.41, 5.74) is 2.33. The maximum atomic E-state index is 9.36. The summed E-state index contributed by atoms with van der Waals surface area (Å²) in [6.07, 6.45) is 1.10. The lowest BCUT2D eigenvalue weighted by Gasteiger charge is -2.14. The van der Waals surface area contributed by atoms with Crippen molar-refractivity contribution in [1.82, 2.24) is 0 Å². The van der Waals surface area contributed by atoms with Gasteiger partial charge < -0.3 is 19.7 Å². The Morgan fingerprint density at radius 3 is 1.30 bits per heavy atom. The van der Waals surface area contributed by atoms with Crippen molar-refractivity contribution < 1.29 is 19.7 Å². The highest BCUT2D eigenvalue weighted by atomic mass is 16.5. The molecule has 30 heavy (non-hydrogen) atoms. The molecule has 6 nitrogen and oxygen atoms in total. The molecule has 0 atom stereocenters. The van der Waals surface area contributed by atoms with Crippen molar-refractivity contribution in [2.24, 2.45) is 0 Å². The Hall–Kier alpha value is -3.84. The second-order valence-corrected chi connectivity index (χ2v) is 6.51. The SMILES string of the molecule is N#Cc1cc(Oc2ccc(CCO)cc2)c(Oc2ccc(CCO)cc2)cc1C#N. The summed E-state index contributed by atoms with van der Waals surface area (Å²) in [6, 6.07) is 21.4. The van der Waals surface area contributed by atoms with Crippen molar-refractivity contribution in [3.8, 4) is 35.1 Å². The average Bonchev–Trinajstić information content (AvgIpc) is 2.77. The summed E-state index contributed by atoms with van der Waals surface area (Å²) in [4.78, 5) is 0. The second kappa shape index (κ2) is 10.1. The third-order valence-corrected chi connectivity index (χ3v) is 4.43. The molecule has 2 N–H and O–H groups in total. The van der Waals surface area contributed by atoms with E-state index in [-0.39, 0.29) is 24.3 Å². The van der Waals surface area contributed by atoms with E-state index in [9.17, 15) is 10.5 Å². The lowest BCUT2D eigenvalue weighted by atomic mass is 10.1. The molecule has 0 aliphatic rings. The summed E-state index contributed by atoms with van der Waals surface area (Å²) >= 11 is 0. The van der Waals surface area contributed by atoms with Crippen LogP contribution >= 0.6 is 0 Å². The molecule has 0 heterocycles. The molecule has 0 fully saturated rings. The van der Waals surface area contributed by atoms with Gasteiger partial charge in [0, 0.05) is 25.3 Å². The van der Waals surface area contributed by atoms with Gasteiger partial charge in [0.2, 0.25) is 0 Å². The number of rotatable bonds is 8. The van der Waals surface area contributed by atoms with E-state index in [1.54, 1.807) is 24.3 Å². The molecule has 6 heteroatoms. The first-order valence-corrected chi connectivity index (χ1v) is 9.40. The first kappa shape index (κ1) is 20.9. The minimum absolute atomic E-state index is 0.0659. The zero-order valence-electron chi connectivity index (χ0n) is 16.2. The van der Waals surface area contributed by atoms with Gasteiger partial charge in [-0.3, -0.25) is 0 Å². The number of aliphatic hydroxyl groups is 2. The number of nitriles is 2. The Morgan fingerprint density at radius 2 is 1.00 bits per heavy atom. The van der Waals surface area contributed by atoms with Crippen molar-refractivity contribution in [2.45, 2.75) is 12.8 Å². The van der Waals surface area contributed by atoms with Gasteiger partial charge in [0.15, 0.2) is 11.5 Å². The maximum absolute atomic E-state index is 9.36. The molecule has 0 aliphatic carbocycles. The highest BCUT2D eigenvalue weighted by molar-refractivity contribution is 5.58. The second-order valence-electron chi connectivity index (χ2n) is 6.51. The quantitative estimate of drug-likeness (QED) is 0.590. The van der Waals surface area contributed by atoms with Gasteiger partial charge in [-0.1, -0.05) is 24.3 Å². The fraction of sp³-hybridized carbons (Fsp3) is 0.167. The molecular weight excluding hydrogens is 380 g/mol. The zero-order chi connectivity index (χ0) is 21.3. The number of benzene rings is 3. The van der Waals surface area contributed by atoms with Crippen LogP contribution in [0.15, 0.2) is 60.7 Å². The van der Waals surface area contributed by atoms with E-state index in [1.807, 2.05) is 36.4 Å². The summed E-state index contributed by atoms with van der Waals surface area (Å²) in [5.74, 6) is 1.68. The van der Waals surface area contributed by atoms with E-state index in [0.29, 0.717) is 35.8 Å². The Bertz CT molecular complexity index is 990. The van der Waals surface area contributed by atoms with Crippen LogP contribution in [0.25, 0.3) is 0 Å². The van der Waals surface area contributed by atoms with Crippen molar-refractivity contribution in [2.75, 3.05) is 13.2 Å². The van der Waals surface area contributed by atoms with E-state index in [0.717, 1.165) is 11.1 Å². The summed E-state index contributed by atoms with van der Waals surface area (Å²) < 4.78 is 11.9. The number of ether oxygens (including phenoxy) is 2. The third kappa shape index (κ3) is 5.15. The predicted molar refractivity (Wildman–Crippen MR) is 110 cm³/mol. The van der Waals surface area contributed by atoms with Crippen LogP contribution in [0.5, 0.6) is 23.0 Å². The molecule has 3 rings (SSSR count). The van der Waals surface area contributed by atoms with Crippen LogP contribution in [-0.2, 0) is 12.8 Å². The maximum Gasteiger partial charge on any atom is 0.171 e. The Labute approximate surface area is 174 Å². The zero-order valence-corrected chi connectivity index (χ0v) is 16.2. The van der Waals surface area contributed by atoms with Crippen LogP contribution in [0.2, 0.25) is 0 Å². The molecule has 0 radical (unpaired) electrons. The van der Waals surface area contributed by atoms with Gasteiger partial charge in [-0.25, -0.2) is 0 Å². The smallest absolute Gasteiger partial charge is 0.171 e. The molecule has 0 aliphatic heterocycles. The predicted octanol–water partition coefficient (Wildman–Crippen LogP) is 4.08. The Kier molecular flexibility index (Phi) is 7.02. The summed E-state index contributed by atoms with van der Waals surface area (Å²) in [6.45, 7) is 0.132. The highest BCUT2D eigenvalue weighted by Gasteiger charge is 2.14. The van der Waals surface area contributed by atoms with Crippen LogP contribution in [0, 0.1) is 22.7 Å². The number of aliphatic hydroxyl groups excluding tert-OH is 2. The van der Waals surface area contributed by atoms with Gasteiger partial charge in [-0.15, -0.1) is 0 Å². The van der Waals surface area contributed by atoms with Gasteiger partial charge in [-0.2, -0.15) is 10.5 Å². The molecule has 3 aromatic carbocycles. The summed E-state index contributed by atoms with van der Waals surface area (Å²) in [5, 5.41) is 36.8.